The summed E-state index contributed by atoms with van der Waals surface area (Å²) in [4.78, 5) is 4.50. The first-order valence-corrected chi connectivity index (χ1v) is 7.33. The van der Waals surface area contributed by atoms with Gasteiger partial charge in [0.05, 0.1) is 5.01 Å². The summed E-state index contributed by atoms with van der Waals surface area (Å²) in [5.74, 6) is 1.30. The number of hydrogen-bond donors (Lipinski definition) is 1. The first-order chi connectivity index (χ1) is 8.74. The maximum absolute atomic E-state index is 6.31. The third-order valence-corrected chi connectivity index (χ3v) is 4.68. The highest BCUT2D eigenvalue weighted by Gasteiger charge is 2.42. The highest BCUT2D eigenvalue weighted by Crippen LogP contribution is 2.49. The van der Waals surface area contributed by atoms with Crippen molar-refractivity contribution in [3.63, 3.8) is 0 Å². The van der Waals surface area contributed by atoms with Crippen LogP contribution in [0.4, 0.5) is 0 Å². The molecule has 3 atom stereocenters. The van der Waals surface area contributed by atoms with Crippen LogP contribution in [0.25, 0.3) is 0 Å². The minimum absolute atomic E-state index is 0.251. The molecule has 3 unspecified atom stereocenters. The molecular formula is C15H18N2S. The van der Waals surface area contributed by atoms with Crippen LogP contribution in [-0.4, -0.2) is 11.0 Å². The minimum atomic E-state index is 0.251. The van der Waals surface area contributed by atoms with Gasteiger partial charge in [-0.1, -0.05) is 30.3 Å². The van der Waals surface area contributed by atoms with Crippen LogP contribution in [0, 0.1) is 12.8 Å². The number of aromatic nitrogens is 1. The molecule has 0 saturated heterocycles. The molecule has 2 aromatic rings. The monoisotopic (exact) mass is 258 g/mol. The van der Waals surface area contributed by atoms with E-state index in [9.17, 15) is 0 Å². The first-order valence-electron chi connectivity index (χ1n) is 6.45. The van der Waals surface area contributed by atoms with Crippen LogP contribution in [-0.2, 0) is 6.42 Å². The van der Waals surface area contributed by atoms with Gasteiger partial charge in [-0.05, 0) is 30.7 Å². The van der Waals surface area contributed by atoms with Crippen LogP contribution < -0.4 is 5.73 Å². The first kappa shape index (κ1) is 11.9. The molecule has 0 spiro atoms. The lowest BCUT2D eigenvalue weighted by atomic mass is 10.0. The number of thiazole rings is 1. The van der Waals surface area contributed by atoms with Crippen LogP contribution in [0.3, 0.4) is 0 Å². The van der Waals surface area contributed by atoms with Crippen LogP contribution in [0.2, 0.25) is 0 Å². The second-order valence-electron chi connectivity index (χ2n) is 5.17. The van der Waals surface area contributed by atoms with Gasteiger partial charge in [-0.3, -0.25) is 0 Å². The summed E-state index contributed by atoms with van der Waals surface area (Å²) in [6.07, 6.45) is 2.15. The van der Waals surface area contributed by atoms with E-state index < -0.39 is 0 Å². The van der Waals surface area contributed by atoms with E-state index in [2.05, 4.69) is 40.7 Å². The van der Waals surface area contributed by atoms with Gasteiger partial charge in [0, 0.05) is 23.5 Å². The van der Waals surface area contributed by atoms with Gasteiger partial charge in [-0.25, -0.2) is 4.98 Å². The fourth-order valence-electron chi connectivity index (χ4n) is 2.62. The molecular weight excluding hydrogens is 240 g/mol. The minimum Gasteiger partial charge on any atom is -0.327 e. The van der Waals surface area contributed by atoms with Crippen molar-refractivity contribution < 1.29 is 0 Å². The van der Waals surface area contributed by atoms with Gasteiger partial charge in [-0.2, -0.15) is 0 Å². The van der Waals surface area contributed by atoms with Crippen molar-refractivity contribution in [3.8, 4) is 0 Å². The molecule has 0 radical (unpaired) electrons. The van der Waals surface area contributed by atoms with Crippen molar-refractivity contribution in [3.05, 3.63) is 52.0 Å². The molecule has 1 aliphatic carbocycles. The molecule has 1 fully saturated rings. The van der Waals surface area contributed by atoms with Gasteiger partial charge in [0.25, 0.3) is 0 Å². The molecule has 1 aromatic carbocycles. The van der Waals surface area contributed by atoms with E-state index in [1.54, 1.807) is 11.3 Å². The molecule has 1 aliphatic rings. The number of aryl methyl sites for hydroxylation is 1. The highest BCUT2D eigenvalue weighted by atomic mass is 32.1. The Kier molecular flexibility index (Phi) is 3.18. The Hall–Kier alpha value is -1.19. The summed E-state index contributed by atoms with van der Waals surface area (Å²) < 4.78 is 0. The average Bonchev–Trinajstić information content (AvgIpc) is 3.09. The Labute approximate surface area is 112 Å². The predicted octanol–water partition coefficient (Wildman–Crippen LogP) is 3.13. The summed E-state index contributed by atoms with van der Waals surface area (Å²) in [5, 5.41) is 3.28. The van der Waals surface area contributed by atoms with E-state index in [4.69, 9.17) is 5.73 Å². The number of benzene rings is 1. The molecule has 2 nitrogen and oxygen atoms in total. The zero-order chi connectivity index (χ0) is 12.5. The summed E-state index contributed by atoms with van der Waals surface area (Å²) in [5.41, 5.74) is 8.86. The third kappa shape index (κ3) is 2.47. The number of nitrogens with zero attached hydrogens (tertiary/aromatic N) is 1. The van der Waals surface area contributed by atoms with Crippen LogP contribution in [0.1, 0.15) is 28.6 Å². The maximum atomic E-state index is 6.31. The molecule has 0 bridgehead atoms. The molecule has 1 aromatic heterocycles. The normalized spacial score (nSPS) is 23.9. The summed E-state index contributed by atoms with van der Waals surface area (Å²) >= 11 is 1.73. The Morgan fingerprint density at radius 2 is 2.17 bits per heavy atom. The summed E-state index contributed by atoms with van der Waals surface area (Å²) in [7, 11) is 0. The number of nitrogens with two attached hydrogens (primary N) is 1. The molecule has 94 valence electrons. The van der Waals surface area contributed by atoms with Crippen LogP contribution in [0.15, 0.2) is 35.7 Å². The second kappa shape index (κ2) is 4.82. The number of hydrogen-bond acceptors (Lipinski definition) is 3. The fourth-order valence-corrected chi connectivity index (χ4v) is 3.47. The quantitative estimate of drug-likeness (QED) is 0.915. The van der Waals surface area contributed by atoms with Gasteiger partial charge in [0.2, 0.25) is 0 Å². The Morgan fingerprint density at radius 1 is 1.39 bits per heavy atom. The molecule has 3 heteroatoms. The van der Waals surface area contributed by atoms with E-state index in [0.717, 1.165) is 12.1 Å². The summed E-state index contributed by atoms with van der Waals surface area (Å²) in [6, 6.07) is 11.0. The SMILES string of the molecule is Cc1csc(CC(N)C2CC2c2ccccc2)n1. The zero-order valence-electron chi connectivity index (χ0n) is 10.5. The zero-order valence-corrected chi connectivity index (χ0v) is 11.4. The molecule has 1 heterocycles. The van der Waals surface area contributed by atoms with Crippen molar-refractivity contribution in [2.24, 2.45) is 11.7 Å². The van der Waals surface area contributed by atoms with E-state index in [1.165, 1.54) is 17.0 Å². The predicted molar refractivity (Wildman–Crippen MR) is 75.8 cm³/mol. The molecule has 3 rings (SSSR count). The topological polar surface area (TPSA) is 38.9 Å². The number of rotatable bonds is 4. The largest absolute Gasteiger partial charge is 0.327 e. The van der Waals surface area contributed by atoms with Gasteiger partial charge < -0.3 is 5.73 Å². The lowest BCUT2D eigenvalue weighted by Crippen LogP contribution is -2.25. The van der Waals surface area contributed by atoms with Gasteiger partial charge in [0.1, 0.15) is 0 Å². The lowest BCUT2D eigenvalue weighted by molar-refractivity contribution is 0.576. The summed E-state index contributed by atoms with van der Waals surface area (Å²) in [6.45, 7) is 2.04. The van der Waals surface area contributed by atoms with Crippen molar-refractivity contribution >= 4 is 11.3 Å². The van der Waals surface area contributed by atoms with E-state index in [1.807, 2.05) is 6.92 Å². The van der Waals surface area contributed by atoms with Crippen LogP contribution in [0.5, 0.6) is 0 Å². The standard InChI is InChI=1S/C15H18N2S/c1-10-9-18-15(17-10)8-14(16)13-7-12(13)11-5-3-2-4-6-11/h2-6,9,12-14H,7-8,16H2,1H3. The Bertz CT molecular complexity index is 520. The molecule has 18 heavy (non-hydrogen) atoms. The van der Waals surface area contributed by atoms with Crippen LogP contribution >= 0.6 is 11.3 Å². The fraction of sp³-hybridized carbons (Fsp3) is 0.400. The van der Waals surface area contributed by atoms with Gasteiger partial charge >= 0.3 is 0 Å². The van der Waals surface area contributed by atoms with Crippen molar-refractivity contribution in [1.29, 1.82) is 0 Å². The van der Waals surface area contributed by atoms with Crippen molar-refractivity contribution in [2.45, 2.75) is 31.7 Å². The molecule has 1 saturated carbocycles. The Balaban J connectivity index is 1.61. The van der Waals surface area contributed by atoms with Gasteiger partial charge in [-0.15, -0.1) is 11.3 Å². The maximum Gasteiger partial charge on any atom is 0.0943 e. The lowest BCUT2D eigenvalue weighted by Gasteiger charge is -2.09. The van der Waals surface area contributed by atoms with E-state index in [0.29, 0.717) is 11.8 Å². The van der Waals surface area contributed by atoms with Crippen molar-refractivity contribution in [2.75, 3.05) is 0 Å². The van der Waals surface area contributed by atoms with E-state index in [-0.39, 0.29) is 6.04 Å². The average molecular weight is 258 g/mol. The highest BCUT2D eigenvalue weighted by molar-refractivity contribution is 7.09. The van der Waals surface area contributed by atoms with Crippen molar-refractivity contribution in [1.82, 2.24) is 4.98 Å². The Morgan fingerprint density at radius 3 is 2.83 bits per heavy atom. The van der Waals surface area contributed by atoms with E-state index >= 15 is 0 Å². The third-order valence-electron chi connectivity index (χ3n) is 3.69. The molecule has 2 N–H and O–H groups in total. The smallest absolute Gasteiger partial charge is 0.0943 e. The van der Waals surface area contributed by atoms with Gasteiger partial charge in [0.15, 0.2) is 0 Å². The molecule has 0 amide bonds. The molecule has 0 aliphatic heterocycles. The second-order valence-corrected chi connectivity index (χ2v) is 6.11.